The lowest BCUT2D eigenvalue weighted by molar-refractivity contribution is 0.557. The van der Waals surface area contributed by atoms with Gasteiger partial charge in [-0.2, -0.15) is 0 Å². The molecule has 2 atom stereocenters. The summed E-state index contributed by atoms with van der Waals surface area (Å²) in [4.78, 5) is 0.206. The normalized spacial score (nSPS) is 17.8. The average molecular weight is 244 g/mol. The molecule has 0 aliphatic rings. The van der Waals surface area contributed by atoms with Crippen molar-refractivity contribution in [1.82, 2.24) is 4.72 Å². The fraction of sp³-hybridized carbons (Fsp3) is 1.00. The van der Waals surface area contributed by atoms with Gasteiger partial charge in [-0.25, -0.2) is 13.1 Å². The molecule has 0 fully saturated rings. The molecule has 3 nitrogen and oxygen atoms in total. The Hall–Kier alpha value is 0.390. The predicted molar refractivity (Wildman–Crippen MR) is 50.4 cm³/mol. The van der Waals surface area contributed by atoms with E-state index in [4.69, 9.17) is 0 Å². The first-order chi connectivity index (χ1) is 4.87. The van der Waals surface area contributed by atoms with Gasteiger partial charge in [0.05, 0.1) is 6.26 Å². The van der Waals surface area contributed by atoms with Crippen molar-refractivity contribution in [2.45, 2.75) is 31.1 Å². The molecule has 0 aliphatic heterocycles. The van der Waals surface area contributed by atoms with Crippen molar-refractivity contribution in [3.63, 3.8) is 0 Å². The first kappa shape index (κ1) is 11.4. The molecule has 1 N–H and O–H groups in total. The van der Waals surface area contributed by atoms with Crippen LogP contribution in [0, 0.1) is 0 Å². The second-order valence-electron chi connectivity index (χ2n) is 2.60. The van der Waals surface area contributed by atoms with E-state index in [1.165, 1.54) is 6.26 Å². The molecular weight excluding hydrogens is 230 g/mol. The van der Waals surface area contributed by atoms with Crippen LogP contribution in [0.3, 0.4) is 0 Å². The van der Waals surface area contributed by atoms with E-state index >= 15 is 0 Å². The second kappa shape index (κ2) is 4.42. The van der Waals surface area contributed by atoms with E-state index in [1.807, 2.05) is 13.8 Å². The fourth-order valence-corrected chi connectivity index (χ4v) is 1.91. The third-order valence-corrected chi connectivity index (χ3v) is 3.57. The van der Waals surface area contributed by atoms with Gasteiger partial charge in [-0.05, 0) is 13.3 Å². The second-order valence-corrected chi connectivity index (χ2v) is 5.56. The van der Waals surface area contributed by atoms with Crippen molar-refractivity contribution in [3.8, 4) is 0 Å². The van der Waals surface area contributed by atoms with Crippen LogP contribution in [0.4, 0.5) is 0 Å². The summed E-state index contributed by atoms with van der Waals surface area (Å²) >= 11 is 3.37. The van der Waals surface area contributed by atoms with Gasteiger partial charge in [0.1, 0.15) is 0 Å². The molecule has 0 aliphatic carbocycles. The minimum Gasteiger partial charge on any atom is -0.213 e. The van der Waals surface area contributed by atoms with Crippen LogP contribution in [0.25, 0.3) is 0 Å². The zero-order valence-corrected chi connectivity index (χ0v) is 9.37. The number of halogens is 1. The van der Waals surface area contributed by atoms with Crippen LogP contribution in [0.1, 0.15) is 20.3 Å². The summed E-state index contributed by atoms with van der Waals surface area (Å²) in [6.45, 7) is 3.84. The molecule has 0 radical (unpaired) electrons. The van der Waals surface area contributed by atoms with Crippen molar-refractivity contribution in [2.24, 2.45) is 0 Å². The smallest absolute Gasteiger partial charge is 0.208 e. The first-order valence-corrected chi connectivity index (χ1v) is 6.29. The van der Waals surface area contributed by atoms with Gasteiger partial charge in [0.2, 0.25) is 10.0 Å². The number of hydrogen-bond donors (Lipinski definition) is 1. The Balaban J connectivity index is 3.98. The molecule has 0 aromatic heterocycles. The first-order valence-electron chi connectivity index (χ1n) is 3.48. The standard InChI is InChI=1S/C6H14BrNO2S/c1-4-6(7)5(2)8-11(3,9)10/h5-6,8H,4H2,1-3H3. The maximum atomic E-state index is 10.7. The Morgan fingerprint density at radius 1 is 1.55 bits per heavy atom. The van der Waals surface area contributed by atoms with Crippen LogP contribution in [-0.4, -0.2) is 25.5 Å². The number of alkyl halides is 1. The summed E-state index contributed by atoms with van der Waals surface area (Å²) in [5, 5.41) is 0. The molecular formula is C6H14BrNO2S. The zero-order chi connectivity index (χ0) is 9.07. The van der Waals surface area contributed by atoms with Gasteiger partial charge in [-0.3, -0.25) is 0 Å². The summed E-state index contributed by atoms with van der Waals surface area (Å²) < 4.78 is 24.0. The Morgan fingerprint density at radius 2 is 2.00 bits per heavy atom. The molecule has 68 valence electrons. The van der Waals surface area contributed by atoms with Crippen molar-refractivity contribution < 1.29 is 8.42 Å². The molecule has 0 aromatic carbocycles. The van der Waals surface area contributed by atoms with Crippen LogP contribution in [0.2, 0.25) is 0 Å². The van der Waals surface area contributed by atoms with E-state index in [0.717, 1.165) is 6.42 Å². The van der Waals surface area contributed by atoms with E-state index < -0.39 is 10.0 Å². The number of nitrogens with one attached hydrogen (secondary N) is 1. The van der Waals surface area contributed by atoms with Gasteiger partial charge in [-0.1, -0.05) is 22.9 Å². The van der Waals surface area contributed by atoms with Crippen molar-refractivity contribution in [2.75, 3.05) is 6.26 Å². The number of hydrogen-bond acceptors (Lipinski definition) is 2. The third kappa shape index (κ3) is 5.64. The van der Waals surface area contributed by atoms with Crippen molar-refractivity contribution in [3.05, 3.63) is 0 Å². The van der Waals surface area contributed by atoms with Gasteiger partial charge in [0, 0.05) is 10.9 Å². The van der Waals surface area contributed by atoms with Crippen LogP contribution >= 0.6 is 15.9 Å². The lowest BCUT2D eigenvalue weighted by Crippen LogP contribution is -2.37. The lowest BCUT2D eigenvalue weighted by atomic mass is 10.2. The van der Waals surface area contributed by atoms with Crippen LogP contribution in [0.15, 0.2) is 0 Å². The van der Waals surface area contributed by atoms with Gasteiger partial charge in [-0.15, -0.1) is 0 Å². The topological polar surface area (TPSA) is 46.2 Å². The molecule has 0 rings (SSSR count). The molecule has 0 saturated carbocycles. The molecule has 5 heteroatoms. The minimum atomic E-state index is -3.06. The van der Waals surface area contributed by atoms with E-state index in [1.54, 1.807) is 0 Å². The summed E-state index contributed by atoms with van der Waals surface area (Å²) in [6, 6.07) is -0.0463. The van der Waals surface area contributed by atoms with E-state index in [9.17, 15) is 8.42 Å². The number of rotatable bonds is 4. The largest absolute Gasteiger partial charge is 0.213 e. The average Bonchev–Trinajstić information content (AvgIpc) is 1.82. The van der Waals surface area contributed by atoms with E-state index in [-0.39, 0.29) is 10.9 Å². The minimum absolute atomic E-state index is 0.0463. The van der Waals surface area contributed by atoms with E-state index in [0.29, 0.717) is 0 Å². The molecule has 0 heterocycles. The highest BCUT2D eigenvalue weighted by Crippen LogP contribution is 2.09. The van der Waals surface area contributed by atoms with Gasteiger partial charge in [0.15, 0.2) is 0 Å². The van der Waals surface area contributed by atoms with Crippen molar-refractivity contribution >= 4 is 26.0 Å². The Bertz CT molecular complexity index is 203. The van der Waals surface area contributed by atoms with Gasteiger partial charge < -0.3 is 0 Å². The highest BCUT2D eigenvalue weighted by atomic mass is 79.9. The van der Waals surface area contributed by atoms with Crippen LogP contribution in [-0.2, 0) is 10.0 Å². The van der Waals surface area contributed by atoms with Crippen LogP contribution < -0.4 is 4.72 Å². The van der Waals surface area contributed by atoms with Crippen LogP contribution in [0.5, 0.6) is 0 Å². The molecule has 0 aromatic rings. The Kier molecular flexibility index (Phi) is 4.58. The fourth-order valence-electron chi connectivity index (χ4n) is 0.765. The summed E-state index contributed by atoms with van der Waals surface area (Å²) in [5.41, 5.74) is 0. The molecule has 0 saturated heterocycles. The Morgan fingerprint density at radius 3 is 2.27 bits per heavy atom. The number of sulfonamides is 1. The summed E-state index contributed by atoms with van der Waals surface area (Å²) in [5.74, 6) is 0. The highest BCUT2D eigenvalue weighted by Gasteiger charge is 2.15. The predicted octanol–water partition coefficient (Wildman–Crippen LogP) is 1.10. The highest BCUT2D eigenvalue weighted by molar-refractivity contribution is 9.09. The maximum Gasteiger partial charge on any atom is 0.208 e. The molecule has 0 bridgehead atoms. The lowest BCUT2D eigenvalue weighted by Gasteiger charge is -2.16. The SMILES string of the molecule is CCC(Br)C(C)NS(C)(=O)=O. The summed E-state index contributed by atoms with van der Waals surface area (Å²) in [7, 11) is -3.06. The summed E-state index contributed by atoms with van der Waals surface area (Å²) in [6.07, 6.45) is 2.07. The third-order valence-electron chi connectivity index (χ3n) is 1.33. The van der Waals surface area contributed by atoms with Crippen molar-refractivity contribution in [1.29, 1.82) is 0 Å². The van der Waals surface area contributed by atoms with Gasteiger partial charge >= 0.3 is 0 Å². The van der Waals surface area contributed by atoms with E-state index in [2.05, 4.69) is 20.7 Å². The molecule has 0 spiro atoms. The Labute approximate surface area is 76.7 Å². The molecule has 2 unspecified atom stereocenters. The zero-order valence-electron chi connectivity index (χ0n) is 6.96. The van der Waals surface area contributed by atoms with Gasteiger partial charge in [0.25, 0.3) is 0 Å². The quantitative estimate of drug-likeness (QED) is 0.752. The molecule has 0 amide bonds. The monoisotopic (exact) mass is 243 g/mol. The molecule has 11 heavy (non-hydrogen) atoms. The maximum absolute atomic E-state index is 10.7.